The molecule has 2 rings (SSSR count). The molecule has 0 bridgehead atoms. The maximum Gasteiger partial charge on any atom is 0.123 e. The maximum atomic E-state index is 13.5. The summed E-state index contributed by atoms with van der Waals surface area (Å²) in [5.74, 6) is 2.25. The highest BCUT2D eigenvalue weighted by atomic mass is 32.2. The number of hydrogen-bond donors (Lipinski definition) is 1. The number of rotatable bonds is 6. The van der Waals surface area contributed by atoms with Gasteiger partial charge in [-0.2, -0.15) is 11.8 Å². The minimum atomic E-state index is -0.129. The van der Waals surface area contributed by atoms with E-state index in [1.165, 1.54) is 11.3 Å². The molecule has 0 radical (unpaired) electrons. The van der Waals surface area contributed by atoms with E-state index in [-0.39, 0.29) is 5.82 Å². The first-order valence-corrected chi connectivity index (χ1v) is 9.03. The fraction of sp³-hybridized carbons (Fsp3) is 0.647. The highest BCUT2D eigenvalue weighted by Crippen LogP contribution is 2.21. The maximum absolute atomic E-state index is 13.5. The number of benzene rings is 1. The summed E-state index contributed by atoms with van der Waals surface area (Å²) in [7, 11) is 2.21. The average molecular weight is 310 g/mol. The lowest BCUT2D eigenvalue weighted by atomic mass is 9.96. The molecule has 1 aromatic carbocycles. The van der Waals surface area contributed by atoms with Crippen LogP contribution in [0.3, 0.4) is 0 Å². The van der Waals surface area contributed by atoms with Crippen LogP contribution in [0.5, 0.6) is 0 Å². The van der Waals surface area contributed by atoms with Gasteiger partial charge in [-0.25, -0.2) is 4.39 Å². The number of nitrogens with zero attached hydrogens (tertiary/aromatic N) is 1. The zero-order valence-electron chi connectivity index (χ0n) is 13.4. The van der Waals surface area contributed by atoms with Gasteiger partial charge in [-0.15, -0.1) is 0 Å². The molecule has 0 aromatic heterocycles. The zero-order valence-corrected chi connectivity index (χ0v) is 14.2. The number of likely N-dealkylation sites (N-methyl/N-ethyl adjacent to an activating group) is 1. The molecule has 2 atom stereocenters. The molecule has 1 aliphatic heterocycles. The van der Waals surface area contributed by atoms with E-state index in [1.807, 2.05) is 17.8 Å². The van der Waals surface area contributed by atoms with E-state index in [0.29, 0.717) is 12.1 Å². The first-order chi connectivity index (χ1) is 10.1. The van der Waals surface area contributed by atoms with E-state index in [0.717, 1.165) is 37.2 Å². The molecular weight excluding hydrogens is 283 g/mol. The Hall–Kier alpha value is -0.580. The predicted molar refractivity (Wildman–Crippen MR) is 90.7 cm³/mol. The van der Waals surface area contributed by atoms with Gasteiger partial charge in [0.25, 0.3) is 0 Å². The van der Waals surface area contributed by atoms with Crippen LogP contribution >= 0.6 is 11.8 Å². The smallest absolute Gasteiger partial charge is 0.123 e. The molecule has 4 heteroatoms. The largest absolute Gasteiger partial charge is 0.312 e. The normalized spacial score (nSPS) is 21.4. The van der Waals surface area contributed by atoms with Crippen LogP contribution in [0.25, 0.3) is 0 Å². The third kappa shape index (κ3) is 4.70. The highest BCUT2D eigenvalue weighted by molar-refractivity contribution is 7.99. The minimum absolute atomic E-state index is 0.129. The van der Waals surface area contributed by atoms with Crippen LogP contribution in [0.1, 0.15) is 24.5 Å². The van der Waals surface area contributed by atoms with Gasteiger partial charge in [-0.1, -0.05) is 13.0 Å². The second-order valence-electron chi connectivity index (χ2n) is 5.96. The van der Waals surface area contributed by atoms with Gasteiger partial charge in [-0.05, 0) is 56.6 Å². The fourth-order valence-corrected chi connectivity index (χ4v) is 4.21. The van der Waals surface area contributed by atoms with Crippen LogP contribution in [-0.4, -0.2) is 48.6 Å². The standard InChI is InChI=1S/C17H27FN2S/c1-4-7-19-16(17-12-21-9-8-20(17)3)11-14-10-15(18)6-5-13(14)2/h5-6,10,16-17,19H,4,7-9,11-12H2,1-3H3. The molecule has 1 heterocycles. The van der Waals surface area contributed by atoms with Gasteiger partial charge in [0.1, 0.15) is 5.82 Å². The summed E-state index contributed by atoms with van der Waals surface area (Å²) in [6.45, 7) is 6.43. The topological polar surface area (TPSA) is 15.3 Å². The summed E-state index contributed by atoms with van der Waals surface area (Å²) in [4.78, 5) is 2.46. The van der Waals surface area contributed by atoms with Crippen molar-refractivity contribution in [3.8, 4) is 0 Å². The molecule has 1 aliphatic rings. The lowest BCUT2D eigenvalue weighted by molar-refractivity contribution is 0.213. The third-order valence-corrected chi connectivity index (χ3v) is 5.36. The Morgan fingerprint density at radius 2 is 2.29 bits per heavy atom. The average Bonchev–Trinajstić information content (AvgIpc) is 2.48. The predicted octanol–water partition coefficient (Wildman–Crippen LogP) is 3.09. The van der Waals surface area contributed by atoms with Gasteiger partial charge in [-0.3, -0.25) is 0 Å². The summed E-state index contributed by atoms with van der Waals surface area (Å²) in [5, 5.41) is 3.69. The quantitative estimate of drug-likeness (QED) is 0.869. The molecule has 1 saturated heterocycles. The molecule has 2 nitrogen and oxygen atoms in total. The van der Waals surface area contributed by atoms with Crippen LogP contribution < -0.4 is 5.32 Å². The summed E-state index contributed by atoms with van der Waals surface area (Å²) in [5.41, 5.74) is 2.32. The lowest BCUT2D eigenvalue weighted by Gasteiger charge is -2.38. The van der Waals surface area contributed by atoms with Gasteiger partial charge in [0.15, 0.2) is 0 Å². The molecule has 118 valence electrons. The molecule has 0 spiro atoms. The Morgan fingerprint density at radius 3 is 3.00 bits per heavy atom. The van der Waals surface area contributed by atoms with Crippen molar-refractivity contribution in [2.75, 3.05) is 31.6 Å². The Kier molecular flexibility index (Phi) is 6.52. The van der Waals surface area contributed by atoms with Gasteiger partial charge >= 0.3 is 0 Å². The van der Waals surface area contributed by atoms with E-state index >= 15 is 0 Å². The number of hydrogen-bond acceptors (Lipinski definition) is 3. The SMILES string of the molecule is CCCNC(Cc1cc(F)ccc1C)C1CSCCN1C. The first-order valence-electron chi connectivity index (χ1n) is 7.88. The number of halogens is 1. The summed E-state index contributed by atoms with van der Waals surface area (Å²) in [6, 6.07) is 6.06. The third-order valence-electron chi connectivity index (χ3n) is 4.32. The molecule has 0 amide bonds. The Balaban J connectivity index is 2.13. The van der Waals surface area contributed by atoms with E-state index in [1.54, 1.807) is 12.1 Å². The van der Waals surface area contributed by atoms with Crippen LogP contribution in [0.4, 0.5) is 4.39 Å². The lowest BCUT2D eigenvalue weighted by Crippen LogP contribution is -2.53. The zero-order chi connectivity index (χ0) is 15.2. The molecule has 0 aliphatic carbocycles. The molecule has 1 fully saturated rings. The molecule has 21 heavy (non-hydrogen) atoms. The summed E-state index contributed by atoms with van der Waals surface area (Å²) in [6.07, 6.45) is 2.03. The monoisotopic (exact) mass is 310 g/mol. The number of nitrogens with one attached hydrogen (secondary N) is 1. The van der Waals surface area contributed by atoms with E-state index in [4.69, 9.17) is 0 Å². The summed E-state index contributed by atoms with van der Waals surface area (Å²) < 4.78 is 13.5. The molecule has 0 saturated carbocycles. The molecule has 1 N–H and O–H groups in total. The summed E-state index contributed by atoms with van der Waals surface area (Å²) >= 11 is 2.03. The van der Waals surface area contributed by atoms with E-state index in [9.17, 15) is 4.39 Å². The van der Waals surface area contributed by atoms with E-state index < -0.39 is 0 Å². The second kappa shape index (κ2) is 8.16. The number of thioether (sulfide) groups is 1. The van der Waals surface area contributed by atoms with Crippen LogP contribution in [-0.2, 0) is 6.42 Å². The Bertz CT molecular complexity index is 452. The highest BCUT2D eigenvalue weighted by Gasteiger charge is 2.28. The first kappa shape index (κ1) is 16.8. The fourth-order valence-electron chi connectivity index (χ4n) is 2.90. The Labute approximate surface area is 132 Å². The van der Waals surface area contributed by atoms with Crippen LogP contribution in [0.15, 0.2) is 18.2 Å². The second-order valence-corrected chi connectivity index (χ2v) is 7.11. The molecule has 1 aromatic rings. The van der Waals surface area contributed by atoms with Crippen molar-refractivity contribution in [1.82, 2.24) is 10.2 Å². The van der Waals surface area contributed by atoms with Crippen LogP contribution in [0, 0.1) is 12.7 Å². The van der Waals surface area contributed by atoms with Crippen LogP contribution in [0.2, 0.25) is 0 Å². The van der Waals surface area contributed by atoms with Crippen molar-refractivity contribution < 1.29 is 4.39 Å². The van der Waals surface area contributed by atoms with Crippen molar-refractivity contribution in [1.29, 1.82) is 0 Å². The van der Waals surface area contributed by atoms with Crippen molar-refractivity contribution in [2.45, 2.75) is 38.8 Å². The van der Waals surface area contributed by atoms with Crippen molar-refractivity contribution in [3.63, 3.8) is 0 Å². The van der Waals surface area contributed by atoms with Gasteiger partial charge < -0.3 is 10.2 Å². The van der Waals surface area contributed by atoms with Crippen molar-refractivity contribution in [3.05, 3.63) is 35.1 Å². The minimum Gasteiger partial charge on any atom is -0.312 e. The van der Waals surface area contributed by atoms with Gasteiger partial charge in [0, 0.05) is 30.1 Å². The van der Waals surface area contributed by atoms with Gasteiger partial charge in [0.05, 0.1) is 0 Å². The van der Waals surface area contributed by atoms with E-state index in [2.05, 4.69) is 31.1 Å². The molecular formula is C17H27FN2S. The van der Waals surface area contributed by atoms with Gasteiger partial charge in [0.2, 0.25) is 0 Å². The van der Waals surface area contributed by atoms with Crippen molar-refractivity contribution >= 4 is 11.8 Å². The van der Waals surface area contributed by atoms with Crippen molar-refractivity contribution in [2.24, 2.45) is 0 Å². The Morgan fingerprint density at radius 1 is 1.48 bits per heavy atom. The molecule has 2 unspecified atom stereocenters. The number of aryl methyl sites for hydroxylation is 1.